The third-order valence-corrected chi connectivity index (χ3v) is 12.7. The molecule has 0 amide bonds. The molecule has 0 aliphatic heterocycles. The number of hydrogen-bond acceptors (Lipinski definition) is 10. The smallest absolute Gasteiger partial charge is 0.0808 e. The fraction of sp³-hybridized carbons (Fsp3) is 1.00. The van der Waals surface area contributed by atoms with Gasteiger partial charge >= 0.3 is 0 Å². The summed E-state index contributed by atoms with van der Waals surface area (Å²) in [5, 5.41) is 55.6. The summed E-state index contributed by atoms with van der Waals surface area (Å²) < 4.78 is 36.0. The maximum Gasteiger partial charge on any atom is 0.0808 e. The first kappa shape index (κ1) is 66.8. The molecule has 0 spiro atoms. The van der Waals surface area contributed by atoms with Crippen molar-refractivity contribution in [3.8, 4) is 0 Å². The van der Waals surface area contributed by atoms with Crippen LogP contribution in [0.4, 0.5) is 0 Å². The van der Waals surface area contributed by atoms with Crippen LogP contribution in [0.25, 0.3) is 0 Å². The Morgan fingerprint density at radius 3 is 0.540 bits per heavy atom. The van der Waals surface area contributed by atoms with Gasteiger partial charge in [-0.3, -0.25) is 8.42 Å². The van der Waals surface area contributed by atoms with Crippen molar-refractivity contribution >= 4 is 10.4 Å². The Labute approximate surface area is 390 Å². The maximum atomic E-state index is 9.27. The fourth-order valence-electron chi connectivity index (χ4n) is 9.06. The summed E-state index contributed by atoms with van der Waals surface area (Å²) in [6.45, 7) is 14.0. The van der Waals surface area contributed by atoms with Crippen LogP contribution in [0.5, 0.6) is 0 Å². The third kappa shape index (κ3) is 54.0. The van der Waals surface area contributed by atoms with Crippen LogP contribution in [0, 0.1) is 0 Å². The van der Waals surface area contributed by atoms with Crippen LogP contribution in [0.2, 0.25) is 0 Å². The molecular formula is C50H108N2O10S. The molecule has 0 radical (unpaired) electrons. The quantitative estimate of drug-likeness (QED) is 0.0148. The van der Waals surface area contributed by atoms with E-state index < -0.39 is 10.4 Å². The van der Waals surface area contributed by atoms with E-state index in [4.69, 9.17) is 17.5 Å². The lowest BCUT2D eigenvalue weighted by Gasteiger charge is -2.39. The summed E-state index contributed by atoms with van der Waals surface area (Å²) in [6.07, 6.45) is 43.5. The predicted octanol–water partition coefficient (Wildman–Crippen LogP) is 9.53. The predicted molar refractivity (Wildman–Crippen MR) is 261 cm³/mol. The molecule has 0 fully saturated rings. The first-order valence-electron chi connectivity index (χ1n) is 26.5. The second-order valence-corrected chi connectivity index (χ2v) is 19.4. The molecule has 0 aliphatic carbocycles. The van der Waals surface area contributed by atoms with Crippen molar-refractivity contribution in [3.63, 3.8) is 0 Å². The average Bonchev–Trinajstić information content (AvgIpc) is 3.26. The van der Waals surface area contributed by atoms with E-state index in [0.717, 1.165) is 99.8 Å². The van der Waals surface area contributed by atoms with E-state index in [-0.39, 0.29) is 39.6 Å². The molecule has 0 bridgehead atoms. The number of hydrogen-bond donors (Lipinski definition) is 6. The molecule has 0 unspecified atom stereocenters. The third-order valence-electron chi connectivity index (χ3n) is 12.7. The normalized spacial score (nSPS) is 12.0. The lowest BCUT2D eigenvalue weighted by atomic mass is 10.0. The number of quaternary nitrogens is 2. The van der Waals surface area contributed by atoms with E-state index in [9.17, 15) is 30.6 Å². The van der Waals surface area contributed by atoms with Gasteiger partial charge in [-0.25, -0.2) is 0 Å². The Morgan fingerprint density at radius 2 is 0.397 bits per heavy atom. The lowest BCUT2D eigenvalue weighted by molar-refractivity contribution is -0.929. The molecular weight excluding hydrogens is 821 g/mol. The molecule has 12 nitrogen and oxygen atoms in total. The van der Waals surface area contributed by atoms with Crippen molar-refractivity contribution in [3.05, 3.63) is 0 Å². The highest BCUT2D eigenvalue weighted by atomic mass is 32.3. The van der Waals surface area contributed by atoms with Crippen LogP contribution < -0.4 is 0 Å². The van der Waals surface area contributed by atoms with Gasteiger partial charge in [0, 0.05) is 88.6 Å². The Kier molecular flexibility index (Phi) is 55.7. The summed E-state index contributed by atoms with van der Waals surface area (Å²) in [7, 11) is -5.17. The number of aliphatic hydroxyl groups is 6. The zero-order valence-electron chi connectivity index (χ0n) is 41.6. The zero-order chi connectivity index (χ0) is 47.4. The summed E-state index contributed by atoms with van der Waals surface area (Å²) in [4.78, 5) is 0. The van der Waals surface area contributed by atoms with Crippen LogP contribution in [0.1, 0.15) is 232 Å². The first-order chi connectivity index (χ1) is 30.5. The van der Waals surface area contributed by atoms with Gasteiger partial charge in [0.05, 0.1) is 52.4 Å². The van der Waals surface area contributed by atoms with Crippen LogP contribution in [-0.4, -0.2) is 149 Å². The minimum atomic E-state index is -5.17. The van der Waals surface area contributed by atoms with Crippen LogP contribution >= 0.6 is 0 Å². The molecule has 0 aromatic heterocycles. The van der Waals surface area contributed by atoms with Crippen molar-refractivity contribution in [1.29, 1.82) is 0 Å². The number of nitrogens with zero attached hydrogens (tertiary/aromatic N) is 2. The maximum absolute atomic E-state index is 9.27. The monoisotopic (exact) mass is 929 g/mol. The topological polar surface area (TPSA) is 202 Å². The molecule has 0 rings (SSSR count). The number of aliphatic hydroxyl groups excluding tert-OH is 6. The summed E-state index contributed by atoms with van der Waals surface area (Å²) in [6, 6.07) is 0. The molecule has 0 heterocycles. The molecule has 0 atom stereocenters. The highest BCUT2D eigenvalue weighted by molar-refractivity contribution is 7.79. The van der Waals surface area contributed by atoms with Crippen molar-refractivity contribution < 1.29 is 57.1 Å². The van der Waals surface area contributed by atoms with Crippen LogP contribution in [0.15, 0.2) is 0 Å². The summed E-state index contributed by atoms with van der Waals surface area (Å²) >= 11 is 0. The van der Waals surface area contributed by atoms with Gasteiger partial charge in [0.2, 0.25) is 0 Å². The number of unbranched alkanes of at least 4 members (excludes halogenated alkanes) is 26. The molecule has 13 heteroatoms. The van der Waals surface area contributed by atoms with Crippen molar-refractivity contribution in [2.24, 2.45) is 0 Å². The standard InChI is InChI=1S/2C25H54NO3.H2O4S/c2*1-2-3-4-5-6-7-8-9-10-11-12-13-14-15-19-26(20-16-23-27,21-17-24-28)22-18-25-29;1-5(2,3)4/h2*27-29H,2-25H2,1H3;(H2,1,2,3,4)/q2*+1;/p-2. The summed E-state index contributed by atoms with van der Waals surface area (Å²) in [5.41, 5.74) is 0. The van der Waals surface area contributed by atoms with Gasteiger partial charge < -0.3 is 48.7 Å². The second-order valence-electron chi connectivity index (χ2n) is 18.5. The average molecular weight is 929 g/mol. The Morgan fingerprint density at radius 1 is 0.270 bits per heavy atom. The van der Waals surface area contributed by atoms with Gasteiger partial charge in [0.1, 0.15) is 0 Å². The molecule has 6 N–H and O–H groups in total. The van der Waals surface area contributed by atoms with Crippen LogP contribution in [-0.2, 0) is 10.4 Å². The van der Waals surface area contributed by atoms with Gasteiger partial charge in [-0.2, -0.15) is 0 Å². The van der Waals surface area contributed by atoms with E-state index in [1.807, 2.05) is 0 Å². The Hall–Kier alpha value is -0.450. The van der Waals surface area contributed by atoms with E-state index in [0.29, 0.717) is 0 Å². The summed E-state index contributed by atoms with van der Waals surface area (Å²) in [5.74, 6) is 0. The zero-order valence-corrected chi connectivity index (χ0v) is 42.4. The van der Waals surface area contributed by atoms with Gasteiger partial charge in [0.15, 0.2) is 0 Å². The van der Waals surface area contributed by atoms with Gasteiger partial charge in [-0.1, -0.05) is 168 Å². The van der Waals surface area contributed by atoms with Gasteiger partial charge in [-0.05, 0) is 25.7 Å². The van der Waals surface area contributed by atoms with E-state index in [2.05, 4.69) is 13.8 Å². The highest BCUT2D eigenvalue weighted by Gasteiger charge is 2.26. The van der Waals surface area contributed by atoms with Crippen molar-refractivity contribution in [1.82, 2.24) is 0 Å². The van der Waals surface area contributed by atoms with E-state index in [1.54, 1.807) is 0 Å². The van der Waals surface area contributed by atoms with E-state index >= 15 is 0 Å². The molecule has 0 saturated carbocycles. The highest BCUT2D eigenvalue weighted by Crippen LogP contribution is 2.19. The lowest BCUT2D eigenvalue weighted by Crippen LogP contribution is -2.51. The van der Waals surface area contributed by atoms with Crippen molar-refractivity contribution in [2.75, 3.05) is 92.0 Å². The number of rotatable bonds is 48. The first-order valence-corrected chi connectivity index (χ1v) is 27.8. The molecule has 0 saturated heterocycles. The fourth-order valence-corrected chi connectivity index (χ4v) is 9.06. The van der Waals surface area contributed by atoms with Crippen LogP contribution in [0.3, 0.4) is 0 Å². The van der Waals surface area contributed by atoms with Crippen molar-refractivity contribution in [2.45, 2.75) is 232 Å². The molecule has 0 aliphatic rings. The minimum Gasteiger partial charge on any atom is -0.759 e. The van der Waals surface area contributed by atoms with E-state index in [1.165, 1.54) is 180 Å². The SMILES string of the molecule is CCCCCCCCCCCCCCCC[N+](CCCO)(CCCO)CCCO.CCCCCCCCCCCCCCCC[N+](CCCO)(CCCO)CCCO.O=S(=O)([O-])[O-]. The molecule has 63 heavy (non-hydrogen) atoms. The van der Waals surface area contributed by atoms with Gasteiger partial charge in [0.25, 0.3) is 0 Å². The Balaban J connectivity index is -0.00000103. The molecule has 0 aromatic rings. The minimum absolute atomic E-state index is 0.233. The second kappa shape index (κ2) is 52.5. The van der Waals surface area contributed by atoms with Gasteiger partial charge in [-0.15, -0.1) is 0 Å². The molecule has 384 valence electrons. The Bertz CT molecular complexity index is 852. The molecule has 0 aromatic carbocycles. The largest absolute Gasteiger partial charge is 0.759 e.